The highest BCUT2D eigenvalue weighted by molar-refractivity contribution is 6.07. The van der Waals surface area contributed by atoms with E-state index in [2.05, 4.69) is 15.7 Å². The molecule has 4 N–H and O–H groups in total. The molecule has 32 heavy (non-hydrogen) atoms. The molecule has 1 unspecified atom stereocenters. The van der Waals surface area contributed by atoms with Gasteiger partial charge in [-0.2, -0.15) is 5.10 Å². The average Bonchev–Trinajstić information content (AvgIpc) is 3.38. The van der Waals surface area contributed by atoms with Crippen LogP contribution in [0.15, 0.2) is 54.9 Å². The van der Waals surface area contributed by atoms with Gasteiger partial charge in [-0.3, -0.25) is 14.3 Å². The fourth-order valence-corrected chi connectivity index (χ4v) is 4.03. The second-order valence-electron chi connectivity index (χ2n) is 7.95. The lowest BCUT2D eigenvalue weighted by Crippen LogP contribution is -2.37. The Morgan fingerprint density at radius 3 is 2.84 bits per heavy atom. The predicted octanol–water partition coefficient (Wildman–Crippen LogP) is 3.16. The van der Waals surface area contributed by atoms with Crippen molar-refractivity contribution in [1.29, 1.82) is 0 Å². The number of carbonyl (C=O) groups is 2. The Hall–Kier alpha value is -4.14. The van der Waals surface area contributed by atoms with E-state index in [9.17, 15) is 9.59 Å². The normalized spacial score (nSPS) is 15.4. The van der Waals surface area contributed by atoms with E-state index in [0.29, 0.717) is 35.5 Å². The molecule has 1 aliphatic heterocycles. The first-order chi connectivity index (χ1) is 15.4. The molecule has 9 heteroatoms. The molecule has 0 spiro atoms. The molecule has 8 nitrogen and oxygen atoms in total. The van der Waals surface area contributed by atoms with Crippen LogP contribution in [0.2, 0.25) is 0 Å². The molecule has 0 saturated heterocycles. The second-order valence-corrected chi connectivity index (χ2v) is 7.95. The maximum atomic E-state index is 15.4. The van der Waals surface area contributed by atoms with Gasteiger partial charge in [0.2, 0.25) is 0 Å². The molecule has 0 radical (unpaired) electrons. The van der Waals surface area contributed by atoms with Crippen molar-refractivity contribution in [3.63, 3.8) is 0 Å². The van der Waals surface area contributed by atoms with Crippen molar-refractivity contribution in [2.45, 2.75) is 19.5 Å². The third kappa shape index (κ3) is 3.37. The Morgan fingerprint density at radius 1 is 1.28 bits per heavy atom. The third-order valence-corrected chi connectivity index (χ3v) is 5.63. The number of anilines is 2. The van der Waals surface area contributed by atoms with Crippen molar-refractivity contribution in [2.75, 3.05) is 17.6 Å². The van der Waals surface area contributed by atoms with Gasteiger partial charge in [0, 0.05) is 29.9 Å². The quantitative estimate of drug-likeness (QED) is 0.431. The van der Waals surface area contributed by atoms with Crippen LogP contribution in [0.3, 0.4) is 0 Å². The fraction of sp³-hybridized carbons (Fsp3) is 0.174. The minimum absolute atomic E-state index is 0.0946. The number of carbonyl (C=O) groups excluding carboxylic acids is 2. The van der Waals surface area contributed by atoms with Crippen LogP contribution in [0.5, 0.6) is 0 Å². The number of aromatic nitrogens is 3. The Morgan fingerprint density at radius 2 is 2.06 bits per heavy atom. The zero-order chi connectivity index (χ0) is 22.4. The Bertz CT molecular complexity index is 1360. The van der Waals surface area contributed by atoms with Crippen LogP contribution in [0.25, 0.3) is 10.9 Å². The minimum atomic E-state index is -0.651. The lowest BCUT2D eigenvalue weighted by atomic mass is 10.1. The van der Waals surface area contributed by atoms with Crippen LogP contribution in [0.1, 0.15) is 39.4 Å². The summed E-state index contributed by atoms with van der Waals surface area (Å²) in [5.41, 5.74) is 8.40. The largest absolute Gasteiger partial charge is 0.399 e. The van der Waals surface area contributed by atoms with Gasteiger partial charge in [-0.25, -0.2) is 4.39 Å². The van der Waals surface area contributed by atoms with Crippen molar-refractivity contribution in [3.05, 3.63) is 77.5 Å². The standard InChI is InChI=1S/C23H21FN6O2/c1-13-9-26-23(32)19-8-15-4-7-18(20(24)21(15)30(13)19)22(31)28-17-10-27-29(12-17)11-14-2-5-16(25)6-3-14/h2-8,10,12-13H,9,11,25H2,1H3,(H,26,32)(H,28,31). The fourth-order valence-electron chi connectivity index (χ4n) is 4.03. The molecule has 0 aliphatic carbocycles. The smallest absolute Gasteiger partial charge is 0.268 e. The van der Waals surface area contributed by atoms with Crippen molar-refractivity contribution >= 4 is 34.1 Å². The average molecular weight is 432 g/mol. The molecule has 0 bridgehead atoms. The van der Waals surface area contributed by atoms with Crippen molar-refractivity contribution in [2.24, 2.45) is 0 Å². The Kier molecular flexibility index (Phi) is 4.66. The van der Waals surface area contributed by atoms with Crippen LogP contribution in [-0.4, -0.2) is 32.7 Å². The predicted molar refractivity (Wildman–Crippen MR) is 119 cm³/mol. The molecular formula is C23H21FN6O2. The number of benzene rings is 2. The van der Waals surface area contributed by atoms with Gasteiger partial charge in [-0.15, -0.1) is 0 Å². The SMILES string of the molecule is CC1CNC(=O)c2cc3ccc(C(=O)Nc4cnn(Cc5ccc(N)cc5)c4)c(F)c3n21. The van der Waals surface area contributed by atoms with Crippen LogP contribution in [0, 0.1) is 5.82 Å². The number of rotatable bonds is 4. The lowest BCUT2D eigenvalue weighted by Gasteiger charge is -2.24. The maximum absolute atomic E-state index is 15.4. The summed E-state index contributed by atoms with van der Waals surface area (Å²) < 4.78 is 18.8. The van der Waals surface area contributed by atoms with E-state index in [4.69, 9.17) is 5.73 Å². The van der Waals surface area contributed by atoms with Gasteiger partial charge < -0.3 is 20.9 Å². The number of nitrogens with one attached hydrogen (secondary N) is 2. The molecule has 0 saturated carbocycles. The molecule has 2 aromatic carbocycles. The number of nitrogens with two attached hydrogens (primary N) is 1. The van der Waals surface area contributed by atoms with Crippen molar-refractivity contribution < 1.29 is 14.0 Å². The topological polar surface area (TPSA) is 107 Å². The summed E-state index contributed by atoms with van der Waals surface area (Å²) in [6.45, 7) is 2.80. The van der Waals surface area contributed by atoms with Crippen LogP contribution >= 0.6 is 0 Å². The lowest BCUT2D eigenvalue weighted by molar-refractivity contribution is 0.0919. The van der Waals surface area contributed by atoms with Crippen LogP contribution in [0.4, 0.5) is 15.8 Å². The van der Waals surface area contributed by atoms with E-state index < -0.39 is 11.7 Å². The summed E-state index contributed by atoms with van der Waals surface area (Å²) in [4.78, 5) is 25.0. The molecule has 1 aliphatic rings. The monoisotopic (exact) mass is 432 g/mol. The van der Waals surface area contributed by atoms with Crippen LogP contribution < -0.4 is 16.4 Å². The second kappa shape index (κ2) is 7.52. The molecule has 0 fully saturated rings. The molecule has 5 rings (SSSR count). The number of amides is 2. The van der Waals surface area contributed by atoms with E-state index in [-0.39, 0.29) is 23.0 Å². The molecule has 4 aromatic rings. The number of hydrogen-bond donors (Lipinski definition) is 3. The summed E-state index contributed by atoms with van der Waals surface area (Å²) >= 11 is 0. The van der Waals surface area contributed by atoms with Gasteiger partial charge in [0.15, 0.2) is 5.82 Å². The van der Waals surface area contributed by atoms with Gasteiger partial charge in [0.1, 0.15) is 5.69 Å². The maximum Gasteiger partial charge on any atom is 0.268 e. The highest BCUT2D eigenvalue weighted by Gasteiger charge is 2.27. The van der Waals surface area contributed by atoms with Crippen molar-refractivity contribution in [1.82, 2.24) is 19.7 Å². The summed E-state index contributed by atoms with van der Waals surface area (Å²) in [5.74, 6) is -1.49. The van der Waals surface area contributed by atoms with Gasteiger partial charge in [-0.1, -0.05) is 18.2 Å². The Balaban J connectivity index is 1.40. The van der Waals surface area contributed by atoms with Gasteiger partial charge in [0.05, 0.1) is 29.5 Å². The molecule has 162 valence electrons. The van der Waals surface area contributed by atoms with E-state index in [0.717, 1.165) is 5.56 Å². The highest BCUT2D eigenvalue weighted by Crippen LogP contribution is 2.30. The summed E-state index contributed by atoms with van der Waals surface area (Å²) in [7, 11) is 0. The van der Waals surface area contributed by atoms with E-state index >= 15 is 4.39 Å². The molecule has 2 amide bonds. The highest BCUT2D eigenvalue weighted by atomic mass is 19.1. The number of nitrogens with zero attached hydrogens (tertiary/aromatic N) is 3. The summed E-state index contributed by atoms with van der Waals surface area (Å²) in [6.07, 6.45) is 3.19. The van der Waals surface area contributed by atoms with Crippen LogP contribution in [-0.2, 0) is 6.54 Å². The van der Waals surface area contributed by atoms with E-state index in [1.807, 2.05) is 31.2 Å². The zero-order valence-electron chi connectivity index (χ0n) is 17.3. The van der Waals surface area contributed by atoms with Gasteiger partial charge in [-0.05, 0) is 36.8 Å². The molecule has 3 heterocycles. The molecule has 1 atom stereocenters. The number of halogens is 1. The first kappa shape index (κ1) is 19.8. The number of nitrogen functional groups attached to an aromatic ring is 1. The van der Waals surface area contributed by atoms with Gasteiger partial charge in [0.25, 0.3) is 11.8 Å². The zero-order valence-corrected chi connectivity index (χ0v) is 17.3. The molecular weight excluding hydrogens is 411 g/mol. The van der Waals surface area contributed by atoms with E-state index in [1.165, 1.54) is 12.3 Å². The van der Waals surface area contributed by atoms with Gasteiger partial charge >= 0.3 is 0 Å². The summed E-state index contributed by atoms with van der Waals surface area (Å²) in [6, 6.07) is 12.0. The van der Waals surface area contributed by atoms with E-state index in [1.54, 1.807) is 27.6 Å². The Labute approximate surface area is 182 Å². The number of hydrogen-bond acceptors (Lipinski definition) is 4. The minimum Gasteiger partial charge on any atom is -0.399 e. The number of fused-ring (bicyclic) bond motifs is 3. The first-order valence-corrected chi connectivity index (χ1v) is 10.2. The van der Waals surface area contributed by atoms with Crippen molar-refractivity contribution in [3.8, 4) is 0 Å². The third-order valence-electron chi connectivity index (χ3n) is 5.63. The molecule has 2 aromatic heterocycles. The first-order valence-electron chi connectivity index (χ1n) is 10.2. The summed E-state index contributed by atoms with van der Waals surface area (Å²) in [5, 5.41) is 10.3.